The minimum atomic E-state index is -0.376. The second-order valence-electron chi connectivity index (χ2n) is 3.08. The molecular weight excluding hydrogens is 152 g/mol. The first-order valence-electron chi connectivity index (χ1n) is 4.67. The highest BCUT2D eigenvalue weighted by Crippen LogP contribution is 2.24. The Hall–Kier alpha value is -0.340. The highest BCUT2D eigenvalue weighted by molar-refractivity contribution is 5.04. The van der Waals surface area contributed by atoms with E-state index in [1.54, 1.807) is 12.2 Å². The number of aliphatic hydroxyl groups is 2. The lowest BCUT2D eigenvalue weighted by molar-refractivity contribution is 0.0510. The number of aliphatic hydroxyl groups excluding tert-OH is 2. The van der Waals surface area contributed by atoms with Gasteiger partial charge in [-0.3, -0.25) is 0 Å². The fourth-order valence-corrected chi connectivity index (χ4v) is 1.20. The van der Waals surface area contributed by atoms with Gasteiger partial charge in [0.05, 0.1) is 12.2 Å². The third-order valence-corrected chi connectivity index (χ3v) is 2.41. The molecule has 0 spiro atoms. The van der Waals surface area contributed by atoms with Gasteiger partial charge in [0, 0.05) is 0 Å². The minimum Gasteiger partial charge on any atom is -0.389 e. The zero-order valence-corrected chi connectivity index (χ0v) is 8.36. The number of hydrogen-bond donors (Lipinski definition) is 2. The van der Waals surface area contributed by atoms with Crippen LogP contribution in [0.1, 0.15) is 27.7 Å². The van der Waals surface area contributed by atoms with Gasteiger partial charge in [0.2, 0.25) is 0 Å². The monoisotopic (exact) mass is 172 g/mol. The molecule has 1 rings (SSSR count). The van der Waals surface area contributed by atoms with E-state index in [9.17, 15) is 10.2 Å². The van der Waals surface area contributed by atoms with E-state index in [1.807, 2.05) is 27.7 Å². The Morgan fingerprint density at radius 2 is 1.08 bits per heavy atom. The third kappa shape index (κ3) is 2.61. The predicted octanol–water partition coefficient (Wildman–Crippen LogP) is 1.58. The first-order chi connectivity index (χ1) is 5.63. The molecule has 4 atom stereocenters. The van der Waals surface area contributed by atoms with Crippen LogP contribution in [0.4, 0.5) is 0 Å². The van der Waals surface area contributed by atoms with Crippen LogP contribution in [0.25, 0.3) is 0 Å². The van der Waals surface area contributed by atoms with Crippen molar-refractivity contribution in [3.05, 3.63) is 12.2 Å². The summed E-state index contributed by atoms with van der Waals surface area (Å²) >= 11 is 0. The molecule has 0 amide bonds. The molecule has 0 radical (unpaired) electrons. The zero-order valence-electron chi connectivity index (χ0n) is 8.36. The second kappa shape index (κ2) is 5.33. The first kappa shape index (κ1) is 11.7. The summed E-state index contributed by atoms with van der Waals surface area (Å²) in [7, 11) is 0. The summed E-state index contributed by atoms with van der Waals surface area (Å²) in [4.78, 5) is 0. The van der Waals surface area contributed by atoms with E-state index in [-0.39, 0.29) is 24.0 Å². The summed E-state index contributed by atoms with van der Waals surface area (Å²) in [6.07, 6.45) is 2.57. The molecule has 0 heterocycles. The molecule has 0 aromatic rings. The number of hydrogen-bond acceptors (Lipinski definition) is 2. The molecule has 2 nitrogen and oxygen atoms in total. The maximum absolute atomic E-state index is 9.27. The van der Waals surface area contributed by atoms with Crippen LogP contribution in [0.5, 0.6) is 0 Å². The van der Waals surface area contributed by atoms with Gasteiger partial charge in [-0.05, 0) is 11.8 Å². The van der Waals surface area contributed by atoms with Crippen LogP contribution in [-0.4, -0.2) is 22.4 Å². The SMILES string of the molecule is CC.CC1C(O)C=CC(O)C1C. The van der Waals surface area contributed by atoms with Crippen molar-refractivity contribution >= 4 is 0 Å². The molecule has 0 aliphatic heterocycles. The van der Waals surface area contributed by atoms with Crippen molar-refractivity contribution in [3.8, 4) is 0 Å². The molecule has 72 valence electrons. The highest BCUT2D eigenvalue weighted by Gasteiger charge is 2.27. The van der Waals surface area contributed by atoms with Crippen LogP contribution >= 0.6 is 0 Å². The van der Waals surface area contributed by atoms with Gasteiger partial charge in [-0.2, -0.15) is 0 Å². The van der Waals surface area contributed by atoms with Crippen LogP contribution in [0.15, 0.2) is 12.2 Å². The fourth-order valence-electron chi connectivity index (χ4n) is 1.20. The van der Waals surface area contributed by atoms with Gasteiger partial charge in [-0.15, -0.1) is 0 Å². The van der Waals surface area contributed by atoms with Gasteiger partial charge in [0.15, 0.2) is 0 Å². The lowest BCUT2D eigenvalue weighted by atomic mass is 9.82. The first-order valence-corrected chi connectivity index (χ1v) is 4.67. The van der Waals surface area contributed by atoms with Crippen LogP contribution in [-0.2, 0) is 0 Å². The minimum absolute atomic E-state index is 0.167. The van der Waals surface area contributed by atoms with Crippen molar-refractivity contribution < 1.29 is 10.2 Å². The maximum atomic E-state index is 9.27. The van der Waals surface area contributed by atoms with Gasteiger partial charge in [0.1, 0.15) is 0 Å². The van der Waals surface area contributed by atoms with E-state index in [2.05, 4.69) is 0 Å². The van der Waals surface area contributed by atoms with Gasteiger partial charge >= 0.3 is 0 Å². The van der Waals surface area contributed by atoms with Crippen molar-refractivity contribution in [1.29, 1.82) is 0 Å². The van der Waals surface area contributed by atoms with Crippen LogP contribution in [0.3, 0.4) is 0 Å². The molecule has 1 aliphatic carbocycles. The van der Waals surface area contributed by atoms with Crippen molar-refractivity contribution in [2.45, 2.75) is 39.9 Å². The fraction of sp³-hybridized carbons (Fsp3) is 0.800. The average Bonchev–Trinajstić information content (AvgIpc) is 2.12. The van der Waals surface area contributed by atoms with Gasteiger partial charge in [-0.25, -0.2) is 0 Å². The lowest BCUT2D eigenvalue weighted by Crippen LogP contribution is -2.33. The Morgan fingerprint density at radius 3 is 1.33 bits per heavy atom. The van der Waals surface area contributed by atoms with Crippen molar-refractivity contribution in [1.82, 2.24) is 0 Å². The van der Waals surface area contributed by atoms with E-state index >= 15 is 0 Å². The highest BCUT2D eigenvalue weighted by atomic mass is 16.3. The summed E-state index contributed by atoms with van der Waals surface area (Å²) in [5, 5.41) is 18.5. The molecular formula is C10H20O2. The Kier molecular flexibility index (Phi) is 5.18. The van der Waals surface area contributed by atoms with Crippen LogP contribution in [0, 0.1) is 11.8 Å². The molecule has 0 aromatic heterocycles. The van der Waals surface area contributed by atoms with Gasteiger partial charge in [-0.1, -0.05) is 39.8 Å². The molecule has 0 bridgehead atoms. The molecule has 1 aliphatic rings. The van der Waals surface area contributed by atoms with Crippen molar-refractivity contribution in [2.24, 2.45) is 11.8 Å². The summed E-state index contributed by atoms with van der Waals surface area (Å²) in [5.74, 6) is 0.333. The molecule has 2 heteroatoms. The standard InChI is InChI=1S/C8H14O2.C2H6/c1-5-6(2)8(10)4-3-7(5)9;1-2/h3-10H,1-2H3;1-2H3. The van der Waals surface area contributed by atoms with E-state index in [0.717, 1.165) is 0 Å². The molecule has 0 fully saturated rings. The average molecular weight is 172 g/mol. The van der Waals surface area contributed by atoms with E-state index in [1.165, 1.54) is 0 Å². The summed E-state index contributed by atoms with van der Waals surface area (Å²) in [6.45, 7) is 7.89. The van der Waals surface area contributed by atoms with E-state index in [4.69, 9.17) is 0 Å². The predicted molar refractivity (Wildman–Crippen MR) is 50.8 cm³/mol. The summed E-state index contributed by atoms with van der Waals surface area (Å²) in [6, 6.07) is 0. The topological polar surface area (TPSA) is 40.5 Å². The quantitative estimate of drug-likeness (QED) is 0.545. The Bertz CT molecular complexity index is 127. The van der Waals surface area contributed by atoms with Crippen molar-refractivity contribution in [3.63, 3.8) is 0 Å². The molecule has 12 heavy (non-hydrogen) atoms. The smallest absolute Gasteiger partial charge is 0.0750 e. The Morgan fingerprint density at radius 1 is 0.833 bits per heavy atom. The van der Waals surface area contributed by atoms with Gasteiger partial charge < -0.3 is 10.2 Å². The molecule has 4 unspecified atom stereocenters. The molecule has 0 aromatic carbocycles. The molecule has 2 N–H and O–H groups in total. The summed E-state index contributed by atoms with van der Waals surface area (Å²) < 4.78 is 0. The van der Waals surface area contributed by atoms with E-state index < -0.39 is 0 Å². The largest absolute Gasteiger partial charge is 0.389 e. The van der Waals surface area contributed by atoms with Gasteiger partial charge in [0.25, 0.3) is 0 Å². The normalized spacial score (nSPS) is 40.2. The Labute approximate surface area is 74.9 Å². The third-order valence-electron chi connectivity index (χ3n) is 2.41. The van der Waals surface area contributed by atoms with E-state index in [0.29, 0.717) is 0 Å². The zero-order chi connectivity index (χ0) is 9.72. The molecule has 0 saturated carbocycles. The number of rotatable bonds is 0. The Balaban J connectivity index is 0.000000561. The van der Waals surface area contributed by atoms with Crippen molar-refractivity contribution in [2.75, 3.05) is 0 Å². The lowest BCUT2D eigenvalue weighted by Gasteiger charge is -2.29. The summed E-state index contributed by atoms with van der Waals surface area (Å²) in [5.41, 5.74) is 0. The van der Waals surface area contributed by atoms with Crippen LogP contribution < -0.4 is 0 Å². The maximum Gasteiger partial charge on any atom is 0.0750 e. The molecule has 0 saturated heterocycles. The second-order valence-corrected chi connectivity index (χ2v) is 3.08. The van der Waals surface area contributed by atoms with Crippen LogP contribution in [0.2, 0.25) is 0 Å².